The molecule has 2 aliphatic rings. The fraction of sp³-hybridized carbons (Fsp3) is 0.476. The Bertz CT molecular complexity index is 1400. The Kier molecular flexibility index (Phi) is 13.8. The fourth-order valence-corrected chi connectivity index (χ4v) is 12.6. The van der Waals surface area contributed by atoms with Crippen LogP contribution in [0.3, 0.4) is 0 Å². The second kappa shape index (κ2) is 16.9. The Labute approximate surface area is 300 Å². The fourth-order valence-electron chi connectivity index (χ4n) is 8.18. The minimum Gasteiger partial charge on any atom is -0.316 e. The summed E-state index contributed by atoms with van der Waals surface area (Å²) in [7, 11) is 3.24. The molecule has 4 aromatic carbocycles. The second-order valence-electron chi connectivity index (χ2n) is 15.5. The van der Waals surface area contributed by atoms with E-state index in [-0.39, 0.29) is 40.5 Å². The predicted octanol–water partition coefficient (Wildman–Crippen LogP) is 10.8. The Morgan fingerprint density at radius 1 is 0.766 bits per heavy atom. The molecule has 2 aliphatic heterocycles. The summed E-state index contributed by atoms with van der Waals surface area (Å²) in [5.41, 5.74) is 8.83. The van der Waals surface area contributed by atoms with Crippen molar-refractivity contribution in [3.05, 3.63) is 108 Å². The number of piperidine rings is 2. The summed E-state index contributed by atoms with van der Waals surface area (Å²) in [6.07, 6.45) is 6.29. The summed E-state index contributed by atoms with van der Waals surface area (Å²) < 4.78 is 0. The van der Waals surface area contributed by atoms with E-state index >= 15 is 0 Å². The first kappa shape index (κ1) is 38.2. The molecule has 5 heteroatoms. The van der Waals surface area contributed by atoms with E-state index in [1.54, 1.807) is 11.1 Å². The van der Waals surface area contributed by atoms with Gasteiger partial charge in [0, 0.05) is 0 Å². The van der Waals surface area contributed by atoms with Gasteiger partial charge in [-0.15, -0.1) is 38.6 Å². The molecule has 0 aliphatic carbocycles. The van der Waals surface area contributed by atoms with Gasteiger partial charge in [-0.1, -0.05) is 120 Å². The van der Waals surface area contributed by atoms with Gasteiger partial charge in [-0.2, -0.15) is 18.2 Å². The van der Waals surface area contributed by atoms with Crippen molar-refractivity contribution < 1.29 is 17.1 Å². The quantitative estimate of drug-likeness (QED) is 0.113. The number of rotatable bonds is 7. The predicted molar refractivity (Wildman–Crippen MR) is 208 cm³/mol. The molecule has 3 unspecified atom stereocenters. The molecular formula is C42H58FeN2P2. The molecular weight excluding hydrogens is 650 g/mol. The molecule has 0 saturated carbocycles. The van der Waals surface area contributed by atoms with Gasteiger partial charge in [-0.3, -0.25) is 0 Å². The van der Waals surface area contributed by atoms with E-state index in [1.807, 2.05) is 30.3 Å². The first-order valence-electron chi connectivity index (χ1n) is 17.6. The van der Waals surface area contributed by atoms with E-state index in [9.17, 15) is 0 Å². The molecule has 3 atom stereocenters. The standard InChI is InChI=1S/C37H53N2P2.C5H5.Fe/c1-35(2,3)41(36(4,5)6)26-32-33(37(40,29-19-13-21-38-24-29)30-20-14-22-39-25-30)23-31(27-15-9-7-10-16-27)34(32)28-17-11-8-12-18-28;1-2-4-5-3-1;/h7-12,15-18,23,29-30,38-39H,13-14,19-22,24-26,40H2,1-6H3;1-5H;/q2*-1;+2. The van der Waals surface area contributed by atoms with Crippen molar-refractivity contribution in [1.82, 2.24) is 10.6 Å². The van der Waals surface area contributed by atoms with Crippen LogP contribution in [0.1, 0.15) is 78.4 Å². The average molecular weight is 709 g/mol. The van der Waals surface area contributed by atoms with Crippen molar-refractivity contribution in [2.24, 2.45) is 11.8 Å². The second-order valence-corrected chi connectivity index (χ2v) is 20.3. The maximum atomic E-state index is 3.81. The van der Waals surface area contributed by atoms with Gasteiger partial charge < -0.3 is 10.6 Å². The summed E-state index contributed by atoms with van der Waals surface area (Å²) >= 11 is 0. The van der Waals surface area contributed by atoms with Crippen LogP contribution < -0.4 is 10.6 Å². The van der Waals surface area contributed by atoms with Gasteiger partial charge >= 0.3 is 17.1 Å². The minimum atomic E-state index is -0.320. The van der Waals surface area contributed by atoms with Crippen molar-refractivity contribution in [1.29, 1.82) is 0 Å². The van der Waals surface area contributed by atoms with E-state index in [2.05, 4.69) is 128 Å². The Hall–Kier alpha value is -1.56. The van der Waals surface area contributed by atoms with E-state index in [1.165, 1.54) is 47.9 Å². The molecule has 254 valence electrons. The summed E-state index contributed by atoms with van der Waals surface area (Å²) in [6.45, 7) is 19.4. The van der Waals surface area contributed by atoms with Crippen LogP contribution in [0.2, 0.25) is 0 Å². The van der Waals surface area contributed by atoms with Gasteiger partial charge in [0.15, 0.2) is 0 Å². The molecule has 6 rings (SSSR count). The maximum Gasteiger partial charge on any atom is 2.00 e. The Morgan fingerprint density at radius 3 is 1.70 bits per heavy atom. The monoisotopic (exact) mass is 708 g/mol. The number of hydrogen-bond acceptors (Lipinski definition) is 2. The molecule has 47 heavy (non-hydrogen) atoms. The molecule has 2 saturated heterocycles. The van der Waals surface area contributed by atoms with Crippen LogP contribution in [-0.4, -0.2) is 36.5 Å². The summed E-state index contributed by atoms with van der Waals surface area (Å²) in [4.78, 5) is 0. The van der Waals surface area contributed by atoms with Gasteiger partial charge in [0.05, 0.1) is 0 Å². The van der Waals surface area contributed by atoms with E-state index < -0.39 is 0 Å². The third-order valence-corrected chi connectivity index (χ3v) is 15.4. The van der Waals surface area contributed by atoms with Crippen LogP contribution >= 0.6 is 17.2 Å². The summed E-state index contributed by atoms with van der Waals surface area (Å²) in [5, 5.41) is 8.17. The Balaban J connectivity index is 0.000000762. The first-order valence-corrected chi connectivity index (χ1v) is 19.7. The molecule has 2 nitrogen and oxygen atoms in total. The van der Waals surface area contributed by atoms with Gasteiger partial charge in [-0.25, -0.2) is 12.1 Å². The summed E-state index contributed by atoms with van der Waals surface area (Å²) in [5.74, 6) is 1.21. The zero-order valence-electron chi connectivity index (χ0n) is 29.6. The molecule has 4 aromatic rings. The van der Waals surface area contributed by atoms with E-state index in [4.69, 9.17) is 0 Å². The van der Waals surface area contributed by atoms with Crippen molar-refractivity contribution in [2.75, 3.05) is 26.2 Å². The van der Waals surface area contributed by atoms with Crippen molar-refractivity contribution in [3.8, 4) is 22.3 Å². The van der Waals surface area contributed by atoms with Crippen molar-refractivity contribution in [2.45, 2.75) is 88.9 Å². The number of benzene rings is 2. The van der Waals surface area contributed by atoms with Crippen LogP contribution in [0.15, 0.2) is 97.1 Å². The average Bonchev–Trinajstić information content (AvgIpc) is 3.77. The zero-order chi connectivity index (χ0) is 32.8. The normalized spacial score (nSPS) is 20.1. The van der Waals surface area contributed by atoms with Gasteiger partial charge in [0.2, 0.25) is 0 Å². The Morgan fingerprint density at radius 2 is 1.28 bits per heavy atom. The SMILES string of the molecule is CC(C)(C)P(Cc1c(C(P)(C2CCCNC2)C2CCCNC2)cc(-c2ccccc2)[c-]1-c1ccccc1)C(C)(C)C.[Fe+2].c1cc[cH-]c1. The van der Waals surface area contributed by atoms with E-state index in [0.717, 1.165) is 32.3 Å². The third kappa shape index (κ3) is 9.17. The van der Waals surface area contributed by atoms with Crippen molar-refractivity contribution >= 4 is 17.2 Å². The van der Waals surface area contributed by atoms with Crippen LogP contribution in [0.5, 0.6) is 0 Å². The van der Waals surface area contributed by atoms with Crippen molar-refractivity contribution in [3.63, 3.8) is 0 Å². The largest absolute Gasteiger partial charge is 2.00 e. The first-order chi connectivity index (χ1) is 22.0. The smallest absolute Gasteiger partial charge is 0.316 e. The number of nitrogens with one attached hydrogen (secondary N) is 2. The molecule has 2 N–H and O–H groups in total. The molecule has 0 spiro atoms. The van der Waals surface area contributed by atoms with Crippen LogP contribution in [0, 0.1) is 11.8 Å². The van der Waals surface area contributed by atoms with Gasteiger partial charge in [0.1, 0.15) is 0 Å². The maximum absolute atomic E-state index is 3.81. The zero-order valence-corrected chi connectivity index (χ0v) is 32.8. The molecule has 0 amide bonds. The van der Waals surface area contributed by atoms with Crippen LogP contribution in [-0.2, 0) is 28.4 Å². The summed E-state index contributed by atoms with van der Waals surface area (Å²) in [6, 6.07) is 35.2. The topological polar surface area (TPSA) is 24.1 Å². The van der Waals surface area contributed by atoms with E-state index in [0.29, 0.717) is 11.8 Å². The molecule has 0 bridgehead atoms. The van der Waals surface area contributed by atoms with Crippen LogP contribution in [0.4, 0.5) is 0 Å². The van der Waals surface area contributed by atoms with Gasteiger partial charge in [0.25, 0.3) is 0 Å². The minimum absolute atomic E-state index is 0. The molecule has 0 radical (unpaired) electrons. The third-order valence-electron chi connectivity index (χ3n) is 10.2. The number of hydrogen-bond donors (Lipinski definition) is 2. The molecule has 2 heterocycles. The molecule has 0 aromatic heterocycles. The molecule has 2 fully saturated rings. The van der Waals surface area contributed by atoms with Crippen LogP contribution in [0.25, 0.3) is 22.3 Å². The van der Waals surface area contributed by atoms with Gasteiger partial charge in [-0.05, 0) is 85.3 Å².